The maximum Gasteiger partial charge on any atom is 0.229 e. The molecule has 3 rings (SSSR count). The van der Waals surface area contributed by atoms with Gasteiger partial charge in [-0.1, -0.05) is 56.7 Å². The fourth-order valence-electron chi connectivity index (χ4n) is 4.65. The first kappa shape index (κ1) is 22.2. The zero-order valence-corrected chi connectivity index (χ0v) is 18.3. The Hall–Kier alpha value is -2.49. The number of aryl methyl sites for hydroxylation is 1. The average Bonchev–Trinajstić information content (AvgIpc) is 2.74. The van der Waals surface area contributed by atoms with E-state index in [9.17, 15) is 14.0 Å². The smallest absolute Gasteiger partial charge is 0.229 e. The Balaban J connectivity index is 1.67. The molecule has 2 aromatic carbocycles. The SMILES string of the molecule is CCCc1ccc(-c2ccc(C3CCC(N(C(C)=O)C(=O)CC)CC3)cc2)c(F)c1. The predicted molar refractivity (Wildman–Crippen MR) is 119 cm³/mol. The third-order valence-corrected chi connectivity index (χ3v) is 6.24. The van der Waals surface area contributed by atoms with Crippen molar-refractivity contribution >= 4 is 11.8 Å². The van der Waals surface area contributed by atoms with Gasteiger partial charge in [0.1, 0.15) is 5.82 Å². The lowest BCUT2D eigenvalue weighted by Gasteiger charge is -2.35. The molecule has 30 heavy (non-hydrogen) atoms. The molecule has 0 spiro atoms. The topological polar surface area (TPSA) is 37.4 Å². The minimum atomic E-state index is -0.167. The Kier molecular flexibility index (Phi) is 7.41. The molecule has 2 aromatic rings. The van der Waals surface area contributed by atoms with Crippen LogP contribution in [-0.4, -0.2) is 22.8 Å². The number of carbonyl (C=O) groups excluding carboxylic acids is 2. The minimum absolute atomic E-state index is 0.0150. The van der Waals surface area contributed by atoms with Crippen LogP contribution in [0.4, 0.5) is 4.39 Å². The van der Waals surface area contributed by atoms with Crippen molar-refractivity contribution in [3.8, 4) is 11.1 Å². The first-order valence-electron chi connectivity index (χ1n) is 11.2. The molecule has 0 heterocycles. The van der Waals surface area contributed by atoms with Crippen LogP contribution in [0.1, 0.15) is 76.3 Å². The van der Waals surface area contributed by atoms with E-state index in [1.54, 1.807) is 13.0 Å². The largest absolute Gasteiger partial charge is 0.280 e. The van der Waals surface area contributed by atoms with Crippen LogP contribution in [-0.2, 0) is 16.0 Å². The van der Waals surface area contributed by atoms with Crippen molar-refractivity contribution in [2.24, 2.45) is 0 Å². The molecule has 0 radical (unpaired) electrons. The Morgan fingerprint density at radius 2 is 1.67 bits per heavy atom. The molecular formula is C26H32FNO2. The van der Waals surface area contributed by atoms with Crippen molar-refractivity contribution in [3.63, 3.8) is 0 Å². The summed E-state index contributed by atoms with van der Waals surface area (Å²) in [5.74, 6) is 0.0145. The number of hydrogen-bond donors (Lipinski definition) is 0. The third kappa shape index (κ3) is 4.97. The van der Waals surface area contributed by atoms with Crippen LogP contribution in [0, 0.1) is 5.82 Å². The van der Waals surface area contributed by atoms with Gasteiger partial charge < -0.3 is 0 Å². The van der Waals surface area contributed by atoms with Crippen molar-refractivity contribution < 1.29 is 14.0 Å². The van der Waals surface area contributed by atoms with E-state index in [2.05, 4.69) is 19.1 Å². The van der Waals surface area contributed by atoms with Gasteiger partial charge in [-0.05, 0) is 60.8 Å². The van der Waals surface area contributed by atoms with Crippen LogP contribution in [0.15, 0.2) is 42.5 Å². The highest BCUT2D eigenvalue weighted by Crippen LogP contribution is 2.36. The Labute approximate surface area is 179 Å². The molecule has 1 saturated carbocycles. The van der Waals surface area contributed by atoms with E-state index in [0.717, 1.165) is 49.7 Å². The standard InChI is InChI=1S/C26H32FNO2/c1-4-6-19-7-16-24(25(27)17-19)22-10-8-20(9-11-22)21-12-14-23(15-13-21)28(18(3)29)26(30)5-2/h7-11,16-17,21,23H,4-6,12-15H2,1-3H3. The van der Waals surface area contributed by atoms with Gasteiger partial charge in [-0.25, -0.2) is 4.39 Å². The van der Waals surface area contributed by atoms with E-state index >= 15 is 0 Å². The second kappa shape index (κ2) is 10.0. The number of hydrogen-bond acceptors (Lipinski definition) is 2. The van der Waals surface area contributed by atoms with Crippen molar-refractivity contribution in [1.29, 1.82) is 0 Å². The van der Waals surface area contributed by atoms with Crippen LogP contribution in [0.25, 0.3) is 11.1 Å². The second-order valence-corrected chi connectivity index (χ2v) is 8.33. The van der Waals surface area contributed by atoms with Gasteiger partial charge in [-0.15, -0.1) is 0 Å². The van der Waals surface area contributed by atoms with Crippen LogP contribution >= 0.6 is 0 Å². The van der Waals surface area contributed by atoms with E-state index < -0.39 is 0 Å². The van der Waals surface area contributed by atoms with Crippen molar-refractivity contribution in [3.05, 3.63) is 59.4 Å². The van der Waals surface area contributed by atoms with Crippen molar-refractivity contribution in [1.82, 2.24) is 4.90 Å². The number of halogens is 1. The zero-order valence-electron chi connectivity index (χ0n) is 18.3. The molecule has 1 aliphatic carbocycles. The van der Waals surface area contributed by atoms with Crippen molar-refractivity contribution in [2.75, 3.05) is 0 Å². The minimum Gasteiger partial charge on any atom is -0.280 e. The number of carbonyl (C=O) groups is 2. The molecule has 0 atom stereocenters. The molecule has 1 fully saturated rings. The summed E-state index contributed by atoms with van der Waals surface area (Å²) in [6, 6.07) is 13.7. The quantitative estimate of drug-likeness (QED) is 0.565. The summed E-state index contributed by atoms with van der Waals surface area (Å²) < 4.78 is 14.5. The molecule has 0 saturated heterocycles. The van der Waals surface area contributed by atoms with Gasteiger partial charge >= 0.3 is 0 Å². The molecule has 0 bridgehead atoms. The van der Waals surface area contributed by atoms with Gasteiger partial charge in [0.15, 0.2) is 0 Å². The Morgan fingerprint density at radius 3 is 2.20 bits per heavy atom. The molecule has 1 aliphatic rings. The maximum absolute atomic E-state index is 14.5. The normalized spacial score (nSPS) is 18.8. The Morgan fingerprint density at radius 1 is 1.00 bits per heavy atom. The van der Waals surface area contributed by atoms with Gasteiger partial charge in [0.05, 0.1) is 0 Å². The molecule has 4 heteroatoms. The van der Waals surface area contributed by atoms with E-state index in [1.807, 2.05) is 24.3 Å². The second-order valence-electron chi connectivity index (χ2n) is 8.33. The highest BCUT2D eigenvalue weighted by atomic mass is 19.1. The summed E-state index contributed by atoms with van der Waals surface area (Å²) in [5.41, 5.74) is 3.81. The molecule has 0 unspecified atom stereocenters. The fraction of sp³-hybridized carbons (Fsp3) is 0.462. The summed E-state index contributed by atoms with van der Waals surface area (Å²) in [4.78, 5) is 25.5. The van der Waals surface area contributed by atoms with Crippen LogP contribution in [0.3, 0.4) is 0 Å². The zero-order chi connectivity index (χ0) is 21.7. The number of imide groups is 1. The molecule has 2 amide bonds. The molecule has 3 nitrogen and oxygen atoms in total. The highest BCUT2D eigenvalue weighted by Gasteiger charge is 2.31. The molecule has 0 aliphatic heterocycles. The lowest BCUT2D eigenvalue weighted by Crippen LogP contribution is -2.44. The average molecular weight is 410 g/mol. The first-order chi connectivity index (χ1) is 14.4. The highest BCUT2D eigenvalue weighted by molar-refractivity contribution is 5.94. The lowest BCUT2D eigenvalue weighted by molar-refractivity contribution is -0.147. The lowest BCUT2D eigenvalue weighted by atomic mass is 9.80. The van der Waals surface area contributed by atoms with E-state index in [1.165, 1.54) is 17.4 Å². The van der Waals surface area contributed by atoms with Crippen LogP contribution in [0.2, 0.25) is 0 Å². The summed E-state index contributed by atoms with van der Waals surface area (Å²) in [7, 11) is 0. The number of rotatable bonds is 6. The molecule has 0 N–H and O–H groups in total. The van der Waals surface area contributed by atoms with Gasteiger partial charge in [0, 0.05) is 24.9 Å². The van der Waals surface area contributed by atoms with Crippen LogP contribution < -0.4 is 0 Å². The van der Waals surface area contributed by atoms with E-state index in [4.69, 9.17) is 0 Å². The number of benzene rings is 2. The first-order valence-corrected chi connectivity index (χ1v) is 11.2. The summed E-state index contributed by atoms with van der Waals surface area (Å²) in [6.45, 7) is 5.37. The van der Waals surface area contributed by atoms with Gasteiger partial charge in [0.2, 0.25) is 11.8 Å². The number of amides is 2. The molecule has 0 aromatic heterocycles. The van der Waals surface area contributed by atoms with Crippen molar-refractivity contribution in [2.45, 2.75) is 77.7 Å². The van der Waals surface area contributed by atoms with Crippen LogP contribution in [0.5, 0.6) is 0 Å². The summed E-state index contributed by atoms with van der Waals surface area (Å²) >= 11 is 0. The third-order valence-electron chi connectivity index (χ3n) is 6.24. The van der Waals surface area contributed by atoms with E-state index in [0.29, 0.717) is 17.9 Å². The Bertz CT molecular complexity index is 882. The number of nitrogens with zero attached hydrogens (tertiary/aromatic N) is 1. The predicted octanol–water partition coefficient (Wildman–Crippen LogP) is 6.26. The van der Waals surface area contributed by atoms with E-state index in [-0.39, 0.29) is 23.7 Å². The summed E-state index contributed by atoms with van der Waals surface area (Å²) in [6.07, 6.45) is 5.83. The van der Waals surface area contributed by atoms with Gasteiger partial charge in [-0.2, -0.15) is 0 Å². The maximum atomic E-state index is 14.5. The monoisotopic (exact) mass is 409 g/mol. The van der Waals surface area contributed by atoms with Gasteiger partial charge in [0.25, 0.3) is 0 Å². The summed E-state index contributed by atoms with van der Waals surface area (Å²) in [5, 5.41) is 0. The molecule has 160 valence electrons. The van der Waals surface area contributed by atoms with Gasteiger partial charge in [-0.3, -0.25) is 14.5 Å². The fourth-order valence-corrected chi connectivity index (χ4v) is 4.65. The molecular weight excluding hydrogens is 377 g/mol.